The molecule has 0 amide bonds. The van der Waals surface area contributed by atoms with Gasteiger partial charge in [0.05, 0.1) is 5.76 Å². The Labute approximate surface area is 107 Å². The van der Waals surface area contributed by atoms with Crippen LogP contribution in [0.15, 0.2) is 12.3 Å². The number of rotatable bonds is 2. The lowest BCUT2D eigenvalue weighted by atomic mass is 9.65. The summed E-state index contributed by atoms with van der Waals surface area (Å²) >= 11 is 0. The van der Waals surface area contributed by atoms with E-state index >= 15 is 0 Å². The van der Waals surface area contributed by atoms with Crippen LogP contribution in [-0.2, 0) is 18.9 Å². The molecule has 3 aliphatic rings. The molecule has 5 atom stereocenters. The van der Waals surface area contributed by atoms with E-state index in [-0.39, 0.29) is 23.9 Å². The minimum absolute atomic E-state index is 0.0948. The zero-order valence-electron chi connectivity index (χ0n) is 11.0. The van der Waals surface area contributed by atoms with E-state index in [2.05, 4.69) is 6.58 Å². The van der Waals surface area contributed by atoms with Gasteiger partial charge < -0.3 is 24.1 Å². The molecule has 3 rings (SSSR count). The third kappa shape index (κ3) is 1.48. The fourth-order valence-electron chi connectivity index (χ4n) is 3.40. The Morgan fingerprint density at radius 2 is 2.06 bits per heavy atom. The Bertz CT molecular complexity index is 380. The van der Waals surface area contributed by atoms with Crippen molar-refractivity contribution in [2.24, 2.45) is 5.92 Å². The Kier molecular flexibility index (Phi) is 2.55. The minimum Gasteiger partial charge on any atom is -0.513 e. The van der Waals surface area contributed by atoms with E-state index in [4.69, 9.17) is 18.9 Å². The second kappa shape index (κ2) is 3.70. The minimum atomic E-state index is -0.639. The topological polar surface area (TPSA) is 57.2 Å². The van der Waals surface area contributed by atoms with Crippen LogP contribution in [-0.4, -0.2) is 42.1 Å². The fourth-order valence-corrected chi connectivity index (χ4v) is 3.40. The van der Waals surface area contributed by atoms with Crippen LogP contribution in [0.25, 0.3) is 0 Å². The summed E-state index contributed by atoms with van der Waals surface area (Å²) in [6.07, 6.45) is 0.794. The molecule has 5 heteroatoms. The van der Waals surface area contributed by atoms with Crippen molar-refractivity contribution in [1.29, 1.82) is 0 Å². The summed E-state index contributed by atoms with van der Waals surface area (Å²) in [7, 11) is 1.59. The number of methoxy groups -OCH3 is 1. The van der Waals surface area contributed by atoms with Gasteiger partial charge in [-0.25, -0.2) is 0 Å². The Balaban J connectivity index is 1.91. The highest BCUT2D eigenvalue weighted by atomic mass is 16.8. The zero-order chi connectivity index (χ0) is 13.1. The number of hydrogen-bond donors (Lipinski definition) is 1. The molecule has 2 saturated heterocycles. The first-order chi connectivity index (χ1) is 8.39. The van der Waals surface area contributed by atoms with Crippen molar-refractivity contribution in [3.8, 4) is 0 Å². The van der Waals surface area contributed by atoms with Gasteiger partial charge in [0.25, 0.3) is 0 Å². The van der Waals surface area contributed by atoms with Gasteiger partial charge in [-0.05, 0) is 26.7 Å². The van der Waals surface area contributed by atoms with Crippen molar-refractivity contribution in [2.45, 2.75) is 56.6 Å². The molecular formula is C13H20O5. The van der Waals surface area contributed by atoms with E-state index in [1.807, 2.05) is 13.8 Å². The molecule has 1 aliphatic carbocycles. The summed E-state index contributed by atoms with van der Waals surface area (Å²) in [5, 5.41) is 9.70. The fraction of sp³-hybridized carbons (Fsp3) is 0.846. The van der Waals surface area contributed by atoms with Crippen LogP contribution in [0.1, 0.15) is 26.7 Å². The van der Waals surface area contributed by atoms with Gasteiger partial charge in [0.1, 0.15) is 17.8 Å². The van der Waals surface area contributed by atoms with Gasteiger partial charge in [-0.3, -0.25) is 0 Å². The largest absolute Gasteiger partial charge is 0.513 e. The second-order valence-corrected chi connectivity index (χ2v) is 5.78. The molecule has 0 bridgehead atoms. The first kappa shape index (κ1) is 12.4. The molecule has 1 spiro atoms. The molecule has 0 radical (unpaired) electrons. The average Bonchev–Trinajstić information content (AvgIpc) is 2.67. The molecular weight excluding hydrogens is 236 g/mol. The van der Waals surface area contributed by atoms with Gasteiger partial charge >= 0.3 is 0 Å². The summed E-state index contributed by atoms with van der Waals surface area (Å²) in [6, 6.07) is 0. The summed E-state index contributed by atoms with van der Waals surface area (Å²) in [6.45, 7) is 7.40. The summed E-state index contributed by atoms with van der Waals surface area (Å²) < 4.78 is 23.1. The Hall–Kier alpha value is -0.620. The first-order valence-electron chi connectivity index (χ1n) is 6.34. The molecule has 0 aromatic rings. The van der Waals surface area contributed by atoms with Crippen LogP contribution in [0.5, 0.6) is 0 Å². The van der Waals surface area contributed by atoms with Gasteiger partial charge in [0.2, 0.25) is 0 Å². The van der Waals surface area contributed by atoms with Crippen molar-refractivity contribution in [2.75, 3.05) is 7.11 Å². The molecule has 1 N–H and O–H groups in total. The Morgan fingerprint density at radius 3 is 2.56 bits per heavy atom. The van der Waals surface area contributed by atoms with Crippen molar-refractivity contribution in [3.63, 3.8) is 0 Å². The third-order valence-corrected chi connectivity index (χ3v) is 4.26. The maximum atomic E-state index is 9.70. The number of ether oxygens (including phenoxy) is 4. The van der Waals surface area contributed by atoms with Crippen molar-refractivity contribution >= 4 is 0 Å². The summed E-state index contributed by atoms with van der Waals surface area (Å²) in [5.41, 5.74) is -0.537. The van der Waals surface area contributed by atoms with Gasteiger partial charge in [-0.1, -0.05) is 6.58 Å². The van der Waals surface area contributed by atoms with Gasteiger partial charge in [-0.2, -0.15) is 0 Å². The van der Waals surface area contributed by atoms with E-state index in [0.717, 1.165) is 12.8 Å². The van der Waals surface area contributed by atoms with Crippen molar-refractivity contribution < 1.29 is 24.1 Å². The van der Waals surface area contributed by atoms with Gasteiger partial charge in [0, 0.05) is 13.0 Å². The van der Waals surface area contributed by atoms with Crippen LogP contribution in [0, 0.1) is 5.92 Å². The van der Waals surface area contributed by atoms with E-state index in [1.165, 1.54) is 0 Å². The lowest BCUT2D eigenvalue weighted by Crippen LogP contribution is -2.56. The molecule has 0 aromatic heterocycles. The van der Waals surface area contributed by atoms with E-state index < -0.39 is 17.7 Å². The quantitative estimate of drug-likeness (QED) is 0.762. The van der Waals surface area contributed by atoms with Crippen LogP contribution in [0.2, 0.25) is 0 Å². The summed E-state index contributed by atoms with van der Waals surface area (Å²) in [5.74, 6) is -0.576. The lowest BCUT2D eigenvalue weighted by molar-refractivity contribution is -0.277. The van der Waals surface area contributed by atoms with E-state index in [0.29, 0.717) is 0 Å². The maximum Gasteiger partial charge on any atom is 0.186 e. The van der Waals surface area contributed by atoms with E-state index in [9.17, 15) is 5.11 Å². The molecule has 3 unspecified atom stereocenters. The standard InChI is InChI=1S/C13H20O5/c1-7(14)8-5-6-13(8)10-9(11(15-4)18-13)16-12(2,3)17-10/h8-11,14H,1,5-6H2,2-4H3/t8-,9?,10?,11?,13-/m1/s1. The third-order valence-electron chi connectivity index (χ3n) is 4.26. The lowest BCUT2D eigenvalue weighted by Gasteiger charge is -2.48. The number of hydrogen-bond acceptors (Lipinski definition) is 5. The van der Waals surface area contributed by atoms with E-state index in [1.54, 1.807) is 7.11 Å². The summed E-state index contributed by atoms with van der Waals surface area (Å²) in [4.78, 5) is 0. The highest BCUT2D eigenvalue weighted by Gasteiger charge is 2.69. The number of fused-ring (bicyclic) bond motifs is 2. The molecule has 102 valence electrons. The number of aliphatic hydroxyl groups excluding tert-OH is 1. The second-order valence-electron chi connectivity index (χ2n) is 5.78. The molecule has 2 heterocycles. The predicted octanol–water partition coefficient (Wildman–Crippen LogP) is 1.73. The molecule has 1 saturated carbocycles. The number of aliphatic hydroxyl groups is 1. The highest BCUT2D eigenvalue weighted by molar-refractivity contribution is 5.19. The van der Waals surface area contributed by atoms with Crippen LogP contribution in [0.4, 0.5) is 0 Å². The van der Waals surface area contributed by atoms with Gasteiger partial charge in [-0.15, -0.1) is 0 Å². The first-order valence-corrected chi connectivity index (χ1v) is 6.34. The van der Waals surface area contributed by atoms with Crippen molar-refractivity contribution in [3.05, 3.63) is 12.3 Å². The van der Waals surface area contributed by atoms with Crippen molar-refractivity contribution in [1.82, 2.24) is 0 Å². The highest BCUT2D eigenvalue weighted by Crippen LogP contribution is 2.57. The molecule has 5 nitrogen and oxygen atoms in total. The molecule has 18 heavy (non-hydrogen) atoms. The Morgan fingerprint density at radius 1 is 1.33 bits per heavy atom. The van der Waals surface area contributed by atoms with Crippen LogP contribution >= 0.6 is 0 Å². The molecule has 0 aromatic carbocycles. The SMILES string of the molecule is C=C(O)[C@H]1CC[C@@]12OC(OC)C1OC(C)(C)OC12. The van der Waals surface area contributed by atoms with Crippen LogP contribution < -0.4 is 0 Å². The monoisotopic (exact) mass is 256 g/mol. The smallest absolute Gasteiger partial charge is 0.186 e. The van der Waals surface area contributed by atoms with Crippen LogP contribution in [0.3, 0.4) is 0 Å². The molecule has 3 fully saturated rings. The van der Waals surface area contributed by atoms with Gasteiger partial charge in [0.15, 0.2) is 12.1 Å². The normalized spacial score (nSPS) is 49.1. The average molecular weight is 256 g/mol. The zero-order valence-corrected chi connectivity index (χ0v) is 11.0. The predicted molar refractivity (Wildman–Crippen MR) is 62.9 cm³/mol. The molecule has 2 aliphatic heterocycles. The maximum absolute atomic E-state index is 9.70.